The number of halogens is 1. The molecule has 0 heterocycles. The molecule has 1 atom stereocenters. The van der Waals surface area contributed by atoms with Crippen molar-refractivity contribution in [3.8, 4) is 5.75 Å². The van der Waals surface area contributed by atoms with Gasteiger partial charge in [-0.1, -0.05) is 18.2 Å². The summed E-state index contributed by atoms with van der Waals surface area (Å²) in [5.74, 6) is -0.333. The number of nitrogens with two attached hydrogens (primary N) is 1. The van der Waals surface area contributed by atoms with Gasteiger partial charge in [-0.25, -0.2) is 0 Å². The molecular formula is C10H14ClNO3. The van der Waals surface area contributed by atoms with Gasteiger partial charge in [0.2, 0.25) is 0 Å². The summed E-state index contributed by atoms with van der Waals surface area (Å²) in [6.07, 6.45) is 0.277. The first-order valence-electron chi connectivity index (χ1n) is 4.25. The molecule has 0 saturated heterocycles. The molecular weight excluding hydrogens is 218 g/mol. The molecule has 84 valence electrons. The van der Waals surface area contributed by atoms with E-state index in [1.807, 2.05) is 0 Å². The lowest BCUT2D eigenvalue weighted by Gasteiger charge is -2.09. The average Bonchev–Trinajstić information content (AvgIpc) is 2.20. The molecule has 15 heavy (non-hydrogen) atoms. The van der Waals surface area contributed by atoms with Crippen LogP contribution in [0.5, 0.6) is 5.75 Å². The molecule has 0 aliphatic rings. The van der Waals surface area contributed by atoms with Crippen molar-refractivity contribution in [2.45, 2.75) is 12.5 Å². The highest BCUT2D eigenvalue weighted by Crippen LogP contribution is 2.16. The van der Waals surface area contributed by atoms with Crippen molar-refractivity contribution in [1.29, 1.82) is 0 Å². The standard InChI is InChI=1S/C10H13NO3.ClH/c1-14-10(13)8(11)6-7-4-2-3-5-9(7)12;/h2-5,8,12H,6,11H2,1H3;1H. The van der Waals surface area contributed by atoms with Crippen molar-refractivity contribution < 1.29 is 14.6 Å². The number of aromatic hydroxyl groups is 1. The van der Waals surface area contributed by atoms with Crippen LogP contribution in [0.4, 0.5) is 0 Å². The predicted octanol–water partition coefficient (Wildman–Crippen LogP) is 0.857. The maximum Gasteiger partial charge on any atom is 0.322 e. The number of hydrogen-bond acceptors (Lipinski definition) is 4. The first kappa shape index (κ1) is 13.7. The molecule has 0 saturated carbocycles. The number of carbonyl (C=O) groups excluding carboxylic acids is 1. The molecule has 0 aromatic heterocycles. The van der Waals surface area contributed by atoms with Crippen LogP contribution in [0.1, 0.15) is 5.56 Å². The van der Waals surface area contributed by atoms with E-state index in [0.29, 0.717) is 5.56 Å². The maximum absolute atomic E-state index is 11.0. The Morgan fingerprint density at radius 1 is 1.53 bits per heavy atom. The molecule has 4 nitrogen and oxygen atoms in total. The largest absolute Gasteiger partial charge is 0.508 e. The van der Waals surface area contributed by atoms with Crippen molar-refractivity contribution in [2.75, 3.05) is 7.11 Å². The van der Waals surface area contributed by atoms with E-state index in [0.717, 1.165) is 0 Å². The van der Waals surface area contributed by atoms with Crippen molar-refractivity contribution in [1.82, 2.24) is 0 Å². The minimum absolute atomic E-state index is 0. The van der Waals surface area contributed by atoms with E-state index in [1.54, 1.807) is 24.3 Å². The van der Waals surface area contributed by atoms with Crippen LogP contribution >= 0.6 is 12.4 Å². The van der Waals surface area contributed by atoms with Gasteiger partial charge in [-0.2, -0.15) is 0 Å². The maximum atomic E-state index is 11.0. The monoisotopic (exact) mass is 231 g/mol. The third-order valence-electron chi connectivity index (χ3n) is 1.94. The first-order valence-corrected chi connectivity index (χ1v) is 4.25. The molecule has 1 rings (SSSR count). The van der Waals surface area contributed by atoms with E-state index in [9.17, 15) is 9.90 Å². The SMILES string of the molecule is COC(=O)C(N)Cc1ccccc1O.Cl. The fraction of sp³-hybridized carbons (Fsp3) is 0.300. The van der Waals surface area contributed by atoms with Crippen molar-refractivity contribution >= 4 is 18.4 Å². The van der Waals surface area contributed by atoms with Gasteiger partial charge in [0, 0.05) is 6.42 Å². The van der Waals surface area contributed by atoms with Crippen molar-refractivity contribution in [2.24, 2.45) is 5.73 Å². The Bertz CT molecular complexity index is 330. The number of esters is 1. The highest BCUT2D eigenvalue weighted by molar-refractivity contribution is 5.85. The highest BCUT2D eigenvalue weighted by atomic mass is 35.5. The summed E-state index contributed by atoms with van der Waals surface area (Å²) in [4.78, 5) is 11.0. The van der Waals surface area contributed by atoms with Crippen LogP contribution < -0.4 is 5.73 Å². The van der Waals surface area contributed by atoms with E-state index in [-0.39, 0.29) is 24.6 Å². The lowest BCUT2D eigenvalue weighted by atomic mass is 10.1. The fourth-order valence-electron chi connectivity index (χ4n) is 1.16. The number of benzene rings is 1. The van der Waals surface area contributed by atoms with Gasteiger partial charge in [0.15, 0.2) is 0 Å². The van der Waals surface area contributed by atoms with E-state index >= 15 is 0 Å². The quantitative estimate of drug-likeness (QED) is 0.757. The van der Waals surface area contributed by atoms with Gasteiger partial charge in [0.05, 0.1) is 7.11 Å². The van der Waals surface area contributed by atoms with Crippen LogP contribution in [0.25, 0.3) is 0 Å². The Hall–Kier alpha value is -1.26. The summed E-state index contributed by atoms with van der Waals surface area (Å²) in [6, 6.07) is 6.03. The summed E-state index contributed by atoms with van der Waals surface area (Å²) in [6.45, 7) is 0. The second-order valence-electron chi connectivity index (χ2n) is 2.96. The van der Waals surface area contributed by atoms with Crippen molar-refractivity contribution in [3.05, 3.63) is 29.8 Å². The predicted molar refractivity (Wildman–Crippen MR) is 59.1 cm³/mol. The third kappa shape index (κ3) is 3.77. The topological polar surface area (TPSA) is 72.5 Å². The Morgan fingerprint density at radius 2 is 2.13 bits per heavy atom. The van der Waals surface area contributed by atoms with Gasteiger partial charge in [-0.15, -0.1) is 12.4 Å². The summed E-state index contributed by atoms with van der Waals surface area (Å²) in [5.41, 5.74) is 6.19. The molecule has 0 aliphatic carbocycles. The molecule has 0 radical (unpaired) electrons. The van der Waals surface area contributed by atoms with Gasteiger partial charge in [-0.3, -0.25) is 4.79 Å². The molecule has 1 aromatic carbocycles. The van der Waals surface area contributed by atoms with E-state index in [4.69, 9.17) is 5.73 Å². The van der Waals surface area contributed by atoms with Crippen LogP contribution in [0.3, 0.4) is 0 Å². The number of para-hydroxylation sites is 1. The molecule has 0 bridgehead atoms. The third-order valence-corrected chi connectivity index (χ3v) is 1.94. The summed E-state index contributed by atoms with van der Waals surface area (Å²) in [7, 11) is 1.28. The van der Waals surface area contributed by atoms with E-state index in [1.165, 1.54) is 7.11 Å². The molecule has 0 aliphatic heterocycles. The second kappa shape index (κ2) is 6.27. The molecule has 1 unspecified atom stereocenters. The number of carbonyl (C=O) groups is 1. The molecule has 1 aromatic rings. The van der Waals surface area contributed by atoms with Gasteiger partial charge >= 0.3 is 5.97 Å². The number of rotatable bonds is 3. The van der Waals surface area contributed by atoms with Crippen LogP contribution in [0.2, 0.25) is 0 Å². The van der Waals surface area contributed by atoms with Crippen LogP contribution in [0, 0.1) is 0 Å². The number of methoxy groups -OCH3 is 1. The van der Waals surface area contributed by atoms with Crippen LogP contribution in [0.15, 0.2) is 24.3 Å². The number of hydrogen-bond donors (Lipinski definition) is 2. The Kier molecular flexibility index (Phi) is 5.74. The van der Waals surface area contributed by atoms with E-state index < -0.39 is 12.0 Å². The Labute approximate surface area is 94.5 Å². The lowest BCUT2D eigenvalue weighted by Crippen LogP contribution is -2.33. The van der Waals surface area contributed by atoms with Gasteiger partial charge in [0.25, 0.3) is 0 Å². The van der Waals surface area contributed by atoms with E-state index in [2.05, 4.69) is 4.74 Å². The Morgan fingerprint density at radius 3 is 2.67 bits per heavy atom. The molecule has 5 heteroatoms. The zero-order chi connectivity index (χ0) is 10.6. The van der Waals surface area contributed by atoms with Gasteiger partial charge < -0.3 is 15.6 Å². The number of phenols is 1. The zero-order valence-corrected chi connectivity index (χ0v) is 9.16. The van der Waals surface area contributed by atoms with Gasteiger partial charge in [0.1, 0.15) is 11.8 Å². The second-order valence-corrected chi connectivity index (χ2v) is 2.96. The summed E-state index contributed by atoms with van der Waals surface area (Å²) < 4.78 is 4.48. The minimum atomic E-state index is -0.728. The lowest BCUT2D eigenvalue weighted by molar-refractivity contribution is -0.142. The zero-order valence-electron chi connectivity index (χ0n) is 8.34. The Balaban J connectivity index is 0.00000196. The molecule has 3 N–H and O–H groups in total. The fourth-order valence-corrected chi connectivity index (χ4v) is 1.16. The van der Waals surface area contributed by atoms with Crippen LogP contribution in [-0.2, 0) is 16.0 Å². The molecule has 0 fully saturated rings. The van der Waals surface area contributed by atoms with Crippen LogP contribution in [-0.4, -0.2) is 24.2 Å². The smallest absolute Gasteiger partial charge is 0.322 e. The number of phenolic OH excluding ortho intramolecular Hbond substituents is 1. The highest BCUT2D eigenvalue weighted by Gasteiger charge is 2.15. The summed E-state index contributed by atoms with van der Waals surface area (Å²) in [5, 5.41) is 9.41. The average molecular weight is 232 g/mol. The first-order chi connectivity index (χ1) is 6.65. The van der Waals surface area contributed by atoms with Crippen molar-refractivity contribution in [3.63, 3.8) is 0 Å². The minimum Gasteiger partial charge on any atom is -0.508 e. The number of ether oxygens (including phenoxy) is 1. The molecule has 0 spiro atoms. The summed E-state index contributed by atoms with van der Waals surface area (Å²) >= 11 is 0. The molecule has 0 amide bonds. The normalized spacial score (nSPS) is 11.3. The van der Waals surface area contributed by atoms with Gasteiger partial charge in [-0.05, 0) is 11.6 Å².